The van der Waals surface area contributed by atoms with Crippen LogP contribution in [0, 0.1) is 0 Å². The molecule has 3 rings (SSSR count). The van der Waals surface area contributed by atoms with Gasteiger partial charge < -0.3 is 5.32 Å². The third-order valence-corrected chi connectivity index (χ3v) is 5.84. The molecule has 0 aliphatic carbocycles. The van der Waals surface area contributed by atoms with Crippen molar-refractivity contribution in [2.45, 2.75) is 57.3 Å². The van der Waals surface area contributed by atoms with Gasteiger partial charge in [0.15, 0.2) is 0 Å². The second-order valence-electron chi connectivity index (χ2n) is 8.11. The minimum Gasteiger partial charge on any atom is -0.356 e. The maximum Gasteiger partial charge on any atom is 0.229 e. The third-order valence-electron chi connectivity index (χ3n) is 5.84. The molecule has 1 N–H and O–H groups in total. The van der Waals surface area contributed by atoms with Crippen molar-refractivity contribution in [3.63, 3.8) is 0 Å². The Kier molecular flexibility index (Phi) is 9.31. The number of aromatic nitrogens is 1. The Bertz CT molecular complexity index is 841. The predicted octanol–water partition coefficient (Wildman–Crippen LogP) is 6.47. The van der Waals surface area contributed by atoms with Crippen LogP contribution in [0.15, 0.2) is 85.1 Å². The first-order valence-electron chi connectivity index (χ1n) is 11.6. The van der Waals surface area contributed by atoms with Crippen molar-refractivity contribution >= 4 is 5.91 Å². The van der Waals surface area contributed by atoms with Crippen LogP contribution in [0.1, 0.15) is 74.1 Å². The molecule has 162 valence electrons. The largest absolute Gasteiger partial charge is 0.356 e. The molecule has 0 saturated carbocycles. The molecule has 0 spiro atoms. The van der Waals surface area contributed by atoms with Crippen molar-refractivity contribution in [3.8, 4) is 0 Å². The SMILES string of the molecule is CCCCCCNC(=O)[C@H](CCC(c1ccccc1)c1ccccc1)c1ccccn1. The molecule has 3 aromatic rings. The van der Waals surface area contributed by atoms with Crippen LogP contribution < -0.4 is 5.32 Å². The summed E-state index contributed by atoms with van der Waals surface area (Å²) in [6, 6.07) is 27.0. The van der Waals surface area contributed by atoms with Crippen LogP contribution in [0.5, 0.6) is 0 Å². The highest BCUT2D eigenvalue weighted by Crippen LogP contribution is 2.32. The molecule has 1 heterocycles. The molecule has 0 aliphatic rings. The maximum atomic E-state index is 13.1. The van der Waals surface area contributed by atoms with Crippen LogP contribution in [0.25, 0.3) is 0 Å². The van der Waals surface area contributed by atoms with E-state index in [2.05, 4.69) is 65.8 Å². The molecule has 0 bridgehead atoms. The highest BCUT2D eigenvalue weighted by Gasteiger charge is 2.24. The normalized spacial score (nSPS) is 11.9. The van der Waals surface area contributed by atoms with Crippen LogP contribution in [0.2, 0.25) is 0 Å². The zero-order valence-corrected chi connectivity index (χ0v) is 18.5. The molecule has 3 heteroatoms. The summed E-state index contributed by atoms with van der Waals surface area (Å²) in [7, 11) is 0. The zero-order chi connectivity index (χ0) is 21.7. The van der Waals surface area contributed by atoms with E-state index in [0.29, 0.717) is 0 Å². The second kappa shape index (κ2) is 12.7. The molecule has 0 radical (unpaired) electrons. The molecule has 1 amide bonds. The lowest BCUT2D eigenvalue weighted by molar-refractivity contribution is -0.122. The number of amides is 1. The zero-order valence-electron chi connectivity index (χ0n) is 18.5. The average Bonchev–Trinajstić information content (AvgIpc) is 2.83. The molecule has 1 atom stereocenters. The Morgan fingerprint density at radius 2 is 1.45 bits per heavy atom. The Morgan fingerprint density at radius 3 is 2.03 bits per heavy atom. The number of nitrogens with zero attached hydrogens (tertiary/aromatic N) is 1. The van der Waals surface area contributed by atoms with E-state index in [1.807, 2.05) is 30.3 Å². The number of unbranched alkanes of at least 4 members (excludes halogenated alkanes) is 3. The van der Waals surface area contributed by atoms with Crippen LogP contribution >= 0.6 is 0 Å². The van der Waals surface area contributed by atoms with Crippen molar-refractivity contribution in [1.29, 1.82) is 0 Å². The maximum absolute atomic E-state index is 13.1. The number of carbonyl (C=O) groups is 1. The second-order valence-corrected chi connectivity index (χ2v) is 8.11. The number of hydrogen-bond acceptors (Lipinski definition) is 2. The lowest BCUT2D eigenvalue weighted by Gasteiger charge is -2.22. The van der Waals surface area contributed by atoms with Gasteiger partial charge in [-0.1, -0.05) is 92.9 Å². The van der Waals surface area contributed by atoms with Crippen molar-refractivity contribution in [1.82, 2.24) is 10.3 Å². The van der Waals surface area contributed by atoms with Gasteiger partial charge in [-0.3, -0.25) is 9.78 Å². The smallest absolute Gasteiger partial charge is 0.229 e. The molecule has 31 heavy (non-hydrogen) atoms. The van der Waals surface area contributed by atoms with E-state index < -0.39 is 0 Å². The molecule has 0 unspecified atom stereocenters. The average molecular weight is 415 g/mol. The van der Waals surface area contributed by atoms with Gasteiger partial charge in [-0.05, 0) is 42.5 Å². The fourth-order valence-corrected chi connectivity index (χ4v) is 4.11. The number of nitrogens with one attached hydrogen (secondary N) is 1. The molecule has 3 nitrogen and oxygen atoms in total. The molecule has 0 saturated heterocycles. The molecule has 1 aromatic heterocycles. The number of rotatable bonds is 12. The number of pyridine rings is 1. The summed E-state index contributed by atoms with van der Waals surface area (Å²) in [6.07, 6.45) is 8.04. The summed E-state index contributed by atoms with van der Waals surface area (Å²) in [5.41, 5.74) is 3.43. The lowest BCUT2D eigenvalue weighted by Crippen LogP contribution is -2.31. The summed E-state index contributed by atoms with van der Waals surface area (Å²) >= 11 is 0. The van der Waals surface area contributed by atoms with Gasteiger partial charge in [0.25, 0.3) is 0 Å². The van der Waals surface area contributed by atoms with E-state index >= 15 is 0 Å². The molecular formula is C28H34N2O. The van der Waals surface area contributed by atoms with Gasteiger partial charge >= 0.3 is 0 Å². The summed E-state index contributed by atoms with van der Waals surface area (Å²) < 4.78 is 0. The Hall–Kier alpha value is -2.94. The molecule has 2 aromatic carbocycles. The van der Waals surface area contributed by atoms with E-state index in [4.69, 9.17) is 0 Å². The lowest BCUT2D eigenvalue weighted by atomic mass is 9.84. The predicted molar refractivity (Wildman–Crippen MR) is 128 cm³/mol. The monoisotopic (exact) mass is 414 g/mol. The van der Waals surface area contributed by atoms with Gasteiger partial charge in [0.1, 0.15) is 0 Å². The van der Waals surface area contributed by atoms with Crippen LogP contribution in [-0.2, 0) is 4.79 Å². The van der Waals surface area contributed by atoms with Gasteiger partial charge in [0.2, 0.25) is 5.91 Å². The topological polar surface area (TPSA) is 42.0 Å². The standard InChI is InChI=1S/C28H34N2O/c1-2-3-4-12-22-30-28(31)26(27-18-11-13-21-29-27)20-19-25(23-14-7-5-8-15-23)24-16-9-6-10-17-24/h5-11,13-18,21,25-26H,2-4,12,19-20,22H2,1H3,(H,30,31)/t26-/m1/s1. The minimum atomic E-state index is -0.234. The Labute approximate surface area is 186 Å². The highest BCUT2D eigenvalue weighted by atomic mass is 16.1. The van der Waals surface area contributed by atoms with E-state index in [-0.39, 0.29) is 17.7 Å². The van der Waals surface area contributed by atoms with Crippen LogP contribution in [-0.4, -0.2) is 17.4 Å². The first-order chi connectivity index (χ1) is 15.3. The van der Waals surface area contributed by atoms with Gasteiger partial charge in [-0.25, -0.2) is 0 Å². The fourth-order valence-electron chi connectivity index (χ4n) is 4.11. The Balaban J connectivity index is 1.74. The summed E-state index contributed by atoms with van der Waals surface area (Å²) in [4.78, 5) is 17.6. The molecule has 0 fully saturated rings. The van der Waals surface area contributed by atoms with E-state index in [9.17, 15) is 4.79 Å². The quantitative estimate of drug-likeness (QED) is 0.345. The number of benzene rings is 2. The number of carbonyl (C=O) groups excluding carboxylic acids is 1. The van der Waals surface area contributed by atoms with E-state index in [1.54, 1.807) is 6.20 Å². The van der Waals surface area contributed by atoms with Gasteiger partial charge in [0, 0.05) is 18.7 Å². The van der Waals surface area contributed by atoms with Crippen LogP contribution in [0.4, 0.5) is 0 Å². The number of hydrogen-bond donors (Lipinski definition) is 1. The first-order valence-corrected chi connectivity index (χ1v) is 11.6. The molecule has 0 aliphatic heterocycles. The van der Waals surface area contributed by atoms with Gasteiger partial charge in [-0.15, -0.1) is 0 Å². The van der Waals surface area contributed by atoms with Crippen molar-refractivity contribution in [2.24, 2.45) is 0 Å². The summed E-state index contributed by atoms with van der Waals surface area (Å²) in [5.74, 6) is 0.114. The van der Waals surface area contributed by atoms with Gasteiger partial charge in [0.05, 0.1) is 11.6 Å². The molecular weight excluding hydrogens is 380 g/mol. The fraction of sp³-hybridized carbons (Fsp3) is 0.357. The first kappa shape index (κ1) is 22.7. The van der Waals surface area contributed by atoms with E-state index in [0.717, 1.165) is 37.9 Å². The third kappa shape index (κ3) is 7.06. The Morgan fingerprint density at radius 1 is 0.806 bits per heavy atom. The van der Waals surface area contributed by atoms with Crippen molar-refractivity contribution in [2.75, 3.05) is 6.54 Å². The van der Waals surface area contributed by atoms with Gasteiger partial charge in [-0.2, -0.15) is 0 Å². The summed E-state index contributed by atoms with van der Waals surface area (Å²) in [6.45, 7) is 2.94. The van der Waals surface area contributed by atoms with Crippen LogP contribution in [0.3, 0.4) is 0 Å². The van der Waals surface area contributed by atoms with Crippen molar-refractivity contribution in [3.05, 3.63) is 102 Å². The highest BCUT2D eigenvalue weighted by molar-refractivity contribution is 5.83. The van der Waals surface area contributed by atoms with E-state index in [1.165, 1.54) is 24.0 Å². The summed E-state index contributed by atoms with van der Waals surface area (Å²) in [5, 5.41) is 3.16. The minimum absolute atomic E-state index is 0.0927. The van der Waals surface area contributed by atoms with Crippen molar-refractivity contribution < 1.29 is 4.79 Å².